The van der Waals surface area contributed by atoms with Crippen LogP contribution in [-0.2, 0) is 38.6 Å². The average Bonchev–Trinajstić information content (AvgIpc) is 2.71. The van der Waals surface area contributed by atoms with Crippen LogP contribution in [0.25, 0.3) is 0 Å². The maximum atomic E-state index is 6.59. The van der Waals surface area contributed by atoms with Crippen molar-refractivity contribution in [1.29, 1.82) is 0 Å². The Morgan fingerprint density at radius 2 is 0.778 bits per heavy atom. The quantitative estimate of drug-likeness (QED) is 0.146. The Balaban J connectivity index is 4.86. The molecule has 0 spiro atoms. The lowest BCUT2D eigenvalue weighted by Gasteiger charge is -2.42. The molecule has 16 heteroatoms. The average molecular weight is 622 g/mol. The Hall–Kier alpha value is 0.901. The first kappa shape index (κ1) is 36.9. The lowest BCUT2D eigenvalue weighted by atomic mass is 10.4. The molecule has 0 saturated heterocycles. The molecular formula is C20H55NO9Si6. The number of nitrogens with one attached hydrogen (secondary N) is 1. The van der Waals surface area contributed by atoms with Gasteiger partial charge in [-0.3, -0.25) is 0 Å². The topological polar surface area (TPSA) is 95.1 Å². The molecular weight excluding hydrogens is 567 g/mol. The van der Waals surface area contributed by atoms with Crippen LogP contribution in [0, 0.1) is 0 Å². The highest BCUT2D eigenvalue weighted by Gasteiger charge is 2.49. The van der Waals surface area contributed by atoms with E-state index in [-0.39, 0.29) is 0 Å². The molecule has 0 aromatic rings. The van der Waals surface area contributed by atoms with Crippen molar-refractivity contribution in [2.75, 3.05) is 48.6 Å². The second-order valence-corrected chi connectivity index (χ2v) is 32.7. The summed E-state index contributed by atoms with van der Waals surface area (Å²) in [7, 11) is -6.33. The Labute approximate surface area is 227 Å². The highest BCUT2D eigenvalue weighted by Crippen LogP contribution is 2.28. The third-order valence-corrected chi connectivity index (χ3v) is 25.7. The van der Waals surface area contributed by atoms with Gasteiger partial charge in [0.2, 0.25) is 0 Å². The predicted octanol–water partition coefficient (Wildman–Crippen LogP) is 4.47. The fourth-order valence-electron chi connectivity index (χ4n) is 4.32. The third kappa shape index (κ3) is 14.9. The molecule has 0 aromatic carbocycles. The van der Waals surface area contributed by atoms with E-state index < -0.39 is 51.6 Å². The Kier molecular flexibility index (Phi) is 16.0. The zero-order valence-corrected chi connectivity index (χ0v) is 31.4. The smallest absolute Gasteiger partial charge is 0.437 e. The molecule has 0 atom stereocenters. The Morgan fingerprint density at radius 1 is 0.444 bits per heavy atom. The molecule has 0 aliphatic carbocycles. The van der Waals surface area contributed by atoms with Crippen LogP contribution in [-0.4, -0.2) is 100 Å². The summed E-state index contributed by atoms with van der Waals surface area (Å²) >= 11 is 0. The lowest BCUT2D eigenvalue weighted by molar-refractivity contribution is 0.123. The van der Waals surface area contributed by atoms with Gasteiger partial charge in [0.05, 0.1) is 0 Å². The summed E-state index contributed by atoms with van der Waals surface area (Å²) in [5, 5.41) is 3.47. The molecule has 0 aromatic heterocycles. The lowest BCUT2D eigenvalue weighted by Crippen LogP contribution is -2.60. The molecule has 0 fully saturated rings. The van der Waals surface area contributed by atoms with Gasteiger partial charge in [-0.1, -0.05) is 0 Å². The molecule has 0 heterocycles. The largest absolute Gasteiger partial charge is 0.500 e. The summed E-state index contributed by atoms with van der Waals surface area (Å²) in [4.78, 5) is 0. The van der Waals surface area contributed by atoms with E-state index in [1.165, 1.54) is 0 Å². The van der Waals surface area contributed by atoms with E-state index >= 15 is 0 Å². The highest BCUT2D eigenvalue weighted by atomic mass is 28.5. The second kappa shape index (κ2) is 15.6. The molecule has 1 N–H and O–H groups in total. The standard InChI is InChI=1S/C20H55NO9Si6/c1-22-35(23-2,24-3)19-15-17-21-18-16-20-36(25-4,26-5)30-34(13,14)29-33(11,12)28-32(9,10)27-31(6,7)8/h21H,15-20H2,1-14H3. The van der Waals surface area contributed by atoms with Crippen LogP contribution < -0.4 is 5.32 Å². The molecule has 0 radical (unpaired) electrons. The molecule has 0 unspecified atom stereocenters. The first-order chi connectivity index (χ1) is 16.3. The van der Waals surface area contributed by atoms with Crippen molar-refractivity contribution in [1.82, 2.24) is 5.32 Å². The monoisotopic (exact) mass is 621 g/mol. The van der Waals surface area contributed by atoms with E-state index in [9.17, 15) is 0 Å². The van der Waals surface area contributed by atoms with Crippen LogP contribution in [0.1, 0.15) is 12.8 Å². The van der Waals surface area contributed by atoms with Gasteiger partial charge >= 0.3 is 43.3 Å². The van der Waals surface area contributed by atoms with Crippen molar-refractivity contribution < 1.29 is 38.6 Å². The molecule has 218 valence electrons. The second-order valence-electron chi connectivity index (χ2n) is 11.1. The Morgan fingerprint density at radius 3 is 1.14 bits per heavy atom. The zero-order chi connectivity index (χ0) is 28.3. The van der Waals surface area contributed by atoms with Gasteiger partial charge in [-0.05, 0) is 84.9 Å². The van der Waals surface area contributed by atoms with Gasteiger partial charge in [0.25, 0.3) is 0 Å². The summed E-state index contributed by atoms with van der Waals surface area (Å²) in [5.41, 5.74) is 0. The molecule has 0 aliphatic heterocycles. The fraction of sp³-hybridized carbons (Fsp3) is 1.00. The Bertz CT molecular complexity index is 607. The van der Waals surface area contributed by atoms with Gasteiger partial charge in [0, 0.05) is 47.6 Å². The van der Waals surface area contributed by atoms with E-state index in [0.29, 0.717) is 6.04 Å². The summed E-state index contributed by atoms with van der Waals surface area (Å²) in [5.74, 6) is 0. The van der Waals surface area contributed by atoms with Gasteiger partial charge in [-0.2, -0.15) is 0 Å². The van der Waals surface area contributed by atoms with Crippen molar-refractivity contribution in [3.8, 4) is 0 Å². The zero-order valence-electron chi connectivity index (χ0n) is 25.4. The van der Waals surface area contributed by atoms with Crippen LogP contribution in [0.3, 0.4) is 0 Å². The van der Waals surface area contributed by atoms with Gasteiger partial charge in [0.1, 0.15) is 0 Å². The minimum atomic E-state index is -2.89. The van der Waals surface area contributed by atoms with Gasteiger partial charge in [-0.15, -0.1) is 0 Å². The summed E-state index contributed by atoms with van der Waals surface area (Å²) in [6, 6.07) is 1.46. The third-order valence-electron chi connectivity index (χ3n) is 5.16. The van der Waals surface area contributed by atoms with Gasteiger partial charge < -0.3 is 43.9 Å². The normalized spacial score (nSPS) is 14.5. The van der Waals surface area contributed by atoms with Crippen molar-refractivity contribution in [2.24, 2.45) is 0 Å². The molecule has 0 aliphatic rings. The maximum Gasteiger partial charge on any atom is 0.500 e. The molecule has 0 saturated carbocycles. The predicted molar refractivity (Wildman–Crippen MR) is 158 cm³/mol. The first-order valence-electron chi connectivity index (χ1n) is 12.6. The number of rotatable bonds is 21. The van der Waals surface area contributed by atoms with Gasteiger partial charge in [0.15, 0.2) is 8.32 Å². The van der Waals surface area contributed by atoms with Crippen molar-refractivity contribution in [3.63, 3.8) is 0 Å². The van der Waals surface area contributed by atoms with E-state index in [1.807, 2.05) is 13.1 Å². The van der Waals surface area contributed by atoms with Crippen molar-refractivity contribution >= 4 is 51.6 Å². The van der Waals surface area contributed by atoms with Gasteiger partial charge in [-0.25, -0.2) is 0 Å². The van der Waals surface area contributed by atoms with Crippen LogP contribution in [0.5, 0.6) is 0 Å². The summed E-state index contributed by atoms with van der Waals surface area (Å²) in [6.45, 7) is 20.6. The summed E-state index contributed by atoms with van der Waals surface area (Å²) in [6.07, 6.45) is 1.77. The molecule has 36 heavy (non-hydrogen) atoms. The molecule has 10 nitrogen and oxygen atoms in total. The highest BCUT2D eigenvalue weighted by molar-refractivity contribution is 6.89. The van der Waals surface area contributed by atoms with E-state index in [2.05, 4.69) is 51.1 Å². The van der Waals surface area contributed by atoms with Crippen molar-refractivity contribution in [3.05, 3.63) is 0 Å². The van der Waals surface area contributed by atoms with E-state index in [0.717, 1.165) is 32.0 Å². The van der Waals surface area contributed by atoms with Crippen LogP contribution in [0.4, 0.5) is 0 Å². The van der Waals surface area contributed by atoms with Crippen LogP contribution in [0.2, 0.25) is 71.0 Å². The van der Waals surface area contributed by atoms with E-state index in [1.54, 1.807) is 35.5 Å². The minimum absolute atomic E-state index is 0.696. The van der Waals surface area contributed by atoms with E-state index in [4.69, 9.17) is 38.6 Å². The minimum Gasteiger partial charge on any atom is -0.437 e. The molecule has 0 bridgehead atoms. The van der Waals surface area contributed by atoms with Crippen LogP contribution in [0.15, 0.2) is 0 Å². The fourth-order valence-corrected chi connectivity index (χ4v) is 28.3. The molecule has 0 rings (SSSR count). The SMILES string of the molecule is CO[Si](CCCNCCC[Si](OC)(OC)O[Si](C)(C)O[Si](C)(C)O[Si](C)(C)O[Si](C)(C)C)(OC)OC. The number of hydrogen-bond donors (Lipinski definition) is 1. The van der Waals surface area contributed by atoms with Crippen molar-refractivity contribution in [2.45, 2.75) is 83.9 Å². The van der Waals surface area contributed by atoms with Crippen LogP contribution >= 0.6 is 0 Å². The number of hydrogen-bond acceptors (Lipinski definition) is 10. The first-order valence-corrected chi connectivity index (χ1v) is 28.3. The summed E-state index contributed by atoms with van der Waals surface area (Å²) < 4.78 is 54.2. The maximum absolute atomic E-state index is 6.59. The molecule has 0 amide bonds.